The molecule has 0 aliphatic rings. The summed E-state index contributed by atoms with van der Waals surface area (Å²) in [5.74, 6) is -0.836. The third kappa shape index (κ3) is 4.11. The largest absolute Gasteiger partial charge is 0.446 e. The second-order valence-electron chi connectivity index (χ2n) is 2.92. The second kappa shape index (κ2) is 4.88. The van der Waals surface area contributed by atoms with Crippen LogP contribution >= 0.6 is 11.8 Å². The molecule has 0 heterocycles. The van der Waals surface area contributed by atoms with Crippen molar-refractivity contribution in [2.75, 3.05) is 0 Å². The average Bonchev–Trinajstić information content (AvgIpc) is 2.09. The molecule has 0 bridgehead atoms. The fourth-order valence-electron chi connectivity index (χ4n) is 1.11. The minimum atomic E-state index is -4.45. The van der Waals surface area contributed by atoms with Crippen LogP contribution in [0.15, 0.2) is 23.1 Å². The monoisotopic (exact) mass is 237 g/mol. The summed E-state index contributed by atoms with van der Waals surface area (Å²) in [4.78, 5) is -0.373. The quantitative estimate of drug-likeness (QED) is 0.560. The van der Waals surface area contributed by atoms with Crippen LogP contribution in [0.2, 0.25) is 0 Å². The van der Waals surface area contributed by atoms with Gasteiger partial charge in [-0.05, 0) is 42.3 Å². The van der Waals surface area contributed by atoms with E-state index in [-0.39, 0.29) is 4.90 Å². The normalized spacial score (nSPS) is 11.8. The molecule has 15 heavy (non-hydrogen) atoms. The molecule has 1 aromatic rings. The van der Waals surface area contributed by atoms with Crippen molar-refractivity contribution in [3.63, 3.8) is 0 Å². The Balaban J connectivity index is 2.90. The molecule has 0 saturated carbocycles. The van der Waals surface area contributed by atoms with E-state index in [1.165, 1.54) is 12.1 Å². The van der Waals surface area contributed by atoms with E-state index < -0.39 is 23.1 Å². The van der Waals surface area contributed by atoms with Crippen LogP contribution in [-0.4, -0.2) is 5.51 Å². The minimum Gasteiger partial charge on any atom is -0.206 e. The lowest BCUT2D eigenvalue weighted by atomic mass is 10.1. The number of halogens is 4. The summed E-state index contributed by atoms with van der Waals surface area (Å²) in [6, 6.07) is 3.77. The molecule has 0 aliphatic heterocycles. The summed E-state index contributed by atoms with van der Waals surface area (Å²) in [6.07, 6.45) is 2.33. The van der Waals surface area contributed by atoms with Gasteiger partial charge in [-0.3, -0.25) is 0 Å². The van der Waals surface area contributed by atoms with Crippen molar-refractivity contribution < 1.29 is 17.6 Å². The van der Waals surface area contributed by atoms with Gasteiger partial charge in [-0.1, -0.05) is 13.0 Å². The molecule has 0 unspecified atom stereocenters. The van der Waals surface area contributed by atoms with Crippen LogP contribution in [0.5, 0.6) is 0 Å². The van der Waals surface area contributed by atoms with Gasteiger partial charge >= 0.3 is 5.51 Å². The Bertz CT molecular complexity index is 333. The smallest absolute Gasteiger partial charge is 0.206 e. The first-order chi connectivity index (χ1) is 6.92. The SMILES string of the molecule is C[CH]Cc1ccc(F)c(SC(F)(F)F)c1. The third-order valence-electron chi connectivity index (χ3n) is 1.66. The van der Waals surface area contributed by atoms with Crippen LogP contribution < -0.4 is 0 Å². The van der Waals surface area contributed by atoms with Crippen LogP contribution in [0.1, 0.15) is 12.5 Å². The highest BCUT2D eigenvalue weighted by Crippen LogP contribution is 2.38. The van der Waals surface area contributed by atoms with Gasteiger partial charge in [0.05, 0.1) is 4.90 Å². The van der Waals surface area contributed by atoms with Gasteiger partial charge in [0.25, 0.3) is 0 Å². The molecule has 0 aromatic heterocycles. The fraction of sp³-hybridized carbons (Fsp3) is 0.300. The topological polar surface area (TPSA) is 0 Å². The summed E-state index contributed by atoms with van der Waals surface area (Å²) >= 11 is -0.422. The molecule has 83 valence electrons. The van der Waals surface area contributed by atoms with Crippen LogP contribution in [-0.2, 0) is 6.42 Å². The van der Waals surface area contributed by atoms with E-state index in [0.717, 1.165) is 6.07 Å². The summed E-state index contributed by atoms with van der Waals surface area (Å²) in [7, 11) is 0. The number of rotatable bonds is 3. The minimum absolute atomic E-state index is 0.373. The molecule has 0 saturated heterocycles. The Kier molecular flexibility index (Phi) is 4.02. The molecule has 1 aromatic carbocycles. The van der Waals surface area contributed by atoms with E-state index in [9.17, 15) is 17.6 Å². The number of alkyl halides is 3. The first-order valence-corrected chi connectivity index (χ1v) is 5.06. The molecule has 0 aliphatic carbocycles. The van der Waals surface area contributed by atoms with Crippen LogP contribution in [0.4, 0.5) is 17.6 Å². The van der Waals surface area contributed by atoms with Crippen LogP contribution in [0, 0.1) is 12.2 Å². The molecule has 0 N–H and O–H groups in total. The van der Waals surface area contributed by atoms with Gasteiger partial charge in [-0.15, -0.1) is 0 Å². The third-order valence-corrected chi connectivity index (χ3v) is 2.43. The summed E-state index contributed by atoms with van der Waals surface area (Å²) in [5.41, 5.74) is -3.78. The number of hydrogen-bond donors (Lipinski definition) is 0. The van der Waals surface area contributed by atoms with Crippen molar-refractivity contribution in [2.24, 2.45) is 0 Å². The molecular formula is C10H9F4S. The Labute approximate surface area is 89.7 Å². The molecule has 1 rings (SSSR count). The zero-order chi connectivity index (χ0) is 11.5. The maximum Gasteiger partial charge on any atom is 0.446 e. The first-order valence-electron chi connectivity index (χ1n) is 4.24. The van der Waals surface area contributed by atoms with E-state index in [4.69, 9.17) is 0 Å². The highest BCUT2D eigenvalue weighted by atomic mass is 32.2. The molecule has 0 fully saturated rings. The summed E-state index contributed by atoms with van der Waals surface area (Å²) < 4.78 is 49.1. The zero-order valence-corrected chi connectivity index (χ0v) is 8.75. The number of benzene rings is 1. The van der Waals surface area contributed by atoms with Gasteiger partial charge in [-0.2, -0.15) is 13.2 Å². The molecule has 0 spiro atoms. The van der Waals surface area contributed by atoms with Crippen LogP contribution in [0.25, 0.3) is 0 Å². The highest BCUT2D eigenvalue weighted by molar-refractivity contribution is 8.00. The van der Waals surface area contributed by atoms with Crippen molar-refractivity contribution in [3.05, 3.63) is 36.0 Å². The van der Waals surface area contributed by atoms with Crippen LogP contribution in [0.3, 0.4) is 0 Å². The van der Waals surface area contributed by atoms with Crippen molar-refractivity contribution in [2.45, 2.75) is 23.7 Å². The maximum absolute atomic E-state index is 13.0. The molecule has 0 atom stereocenters. The fourth-order valence-corrected chi connectivity index (χ4v) is 1.74. The Morgan fingerprint density at radius 1 is 1.33 bits per heavy atom. The Morgan fingerprint density at radius 3 is 2.53 bits per heavy atom. The molecular weight excluding hydrogens is 228 g/mol. The highest BCUT2D eigenvalue weighted by Gasteiger charge is 2.30. The number of hydrogen-bond acceptors (Lipinski definition) is 1. The lowest BCUT2D eigenvalue weighted by molar-refractivity contribution is -0.0329. The predicted octanol–water partition coefficient (Wildman–Crippen LogP) is 4.20. The van der Waals surface area contributed by atoms with E-state index in [1.54, 1.807) is 13.3 Å². The van der Waals surface area contributed by atoms with Gasteiger partial charge in [0.15, 0.2) is 0 Å². The summed E-state index contributed by atoms with van der Waals surface area (Å²) in [6.45, 7) is 1.79. The standard InChI is InChI=1S/C10H9F4S/c1-2-3-7-4-5-8(11)9(6-7)15-10(12,13)14/h2,4-6H,3H2,1H3. The van der Waals surface area contributed by atoms with Crippen molar-refractivity contribution in [1.82, 2.24) is 0 Å². The average molecular weight is 237 g/mol. The Morgan fingerprint density at radius 2 is 2.00 bits per heavy atom. The van der Waals surface area contributed by atoms with Crippen molar-refractivity contribution in [1.29, 1.82) is 0 Å². The van der Waals surface area contributed by atoms with E-state index in [1.807, 2.05) is 0 Å². The molecule has 5 heteroatoms. The summed E-state index contributed by atoms with van der Waals surface area (Å²) in [5, 5.41) is 0. The van der Waals surface area contributed by atoms with Crippen molar-refractivity contribution >= 4 is 11.8 Å². The van der Waals surface area contributed by atoms with E-state index in [2.05, 4.69) is 0 Å². The van der Waals surface area contributed by atoms with Gasteiger partial charge in [0.2, 0.25) is 0 Å². The van der Waals surface area contributed by atoms with Gasteiger partial charge in [0, 0.05) is 0 Å². The van der Waals surface area contributed by atoms with Crippen molar-refractivity contribution in [3.8, 4) is 0 Å². The zero-order valence-electron chi connectivity index (χ0n) is 7.94. The van der Waals surface area contributed by atoms with E-state index >= 15 is 0 Å². The lowest BCUT2D eigenvalue weighted by Crippen LogP contribution is -2.01. The molecule has 0 nitrogen and oxygen atoms in total. The predicted molar refractivity (Wildman–Crippen MR) is 52.0 cm³/mol. The second-order valence-corrected chi connectivity index (χ2v) is 4.03. The van der Waals surface area contributed by atoms with E-state index in [0.29, 0.717) is 12.0 Å². The first kappa shape index (κ1) is 12.4. The van der Waals surface area contributed by atoms with Gasteiger partial charge < -0.3 is 0 Å². The van der Waals surface area contributed by atoms with Gasteiger partial charge in [0.1, 0.15) is 5.82 Å². The van der Waals surface area contributed by atoms with Gasteiger partial charge in [-0.25, -0.2) is 4.39 Å². The number of thioether (sulfide) groups is 1. The molecule has 0 amide bonds. The lowest BCUT2D eigenvalue weighted by Gasteiger charge is -2.08. The molecule has 1 radical (unpaired) electrons. The Hall–Kier alpha value is -0.710. The maximum atomic E-state index is 13.0.